The van der Waals surface area contributed by atoms with Crippen LogP contribution in [-0.2, 0) is 10.2 Å². The van der Waals surface area contributed by atoms with Gasteiger partial charge in [0.15, 0.2) is 0 Å². The van der Waals surface area contributed by atoms with Crippen LogP contribution in [0.3, 0.4) is 0 Å². The van der Waals surface area contributed by atoms with Crippen LogP contribution < -0.4 is 10.6 Å². The molecule has 3 nitrogen and oxygen atoms in total. The van der Waals surface area contributed by atoms with E-state index in [1.54, 1.807) is 0 Å². The molecule has 21 heavy (non-hydrogen) atoms. The van der Waals surface area contributed by atoms with Crippen molar-refractivity contribution in [1.82, 2.24) is 10.6 Å². The Morgan fingerprint density at radius 3 is 2.71 bits per heavy atom. The molecule has 4 heteroatoms. The van der Waals surface area contributed by atoms with Gasteiger partial charge in [0, 0.05) is 6.54 Å². The number of halogens is 1. The number of hydrogen-bond acceptors (Lipinski definition) is 2. The topological polar surface area (TPSA) is 41.1 Å². The van der Waals surface area contributed by atoms with Crippen LogP contribution in [0, 0.1) is 12.8 Å². The predicted molar refractivity (Wildman–Crippen MR) is 90.1 cm³/mol. The molecule has 1 aromatic carbocycles. The average Bonchev–Trinajstić information content (AvgIpc) is 2.46. The predicted octanol–water partition coefficient (Wildman–Crippen LogP) is 2.81. The molecule has 1 saturated heterocycles. The molecule has 0 spiro atoms. The van der Waals surface area contributed by atoms with Crippen molar-refractivity contribution in [3.8, 4) is 0 Å². The van der Waals surface area contributed by atoms with Gasteiger partial charge in [0.25, 0.3) is 0 Å². The van der Waals surface area contributed by atoms with E-state index in [0.29, 0.717) is 5.92 Å². The third-order valence-electron chi connectivity index (χ3n) is 4.34. The first-order valence-electron chi connectivity index (χ1n) is 7.57. The Bertz CT molecular complexity index is 468. The van der Waals surface area contributed by atoms with Crippen LogP contribution in [-0.4, -0.2) is 25.5 Å². The first kappa shape index (κ1) is 18.0. The highest BCUT2D eigenvalue weighted by Crippen LogP contribution is 2.26. The van der Waals surface area contributed by atoms with E-state index in [-0.39, 0.29) is 18.3 Å². The third kappa shape index (κ3) is 4.45. The average molecular weight is 311 g/mol. The molecule has 118 valence electrons. The molecule has 1 aliphatic heterocycles. The molecule has 1 heterocycles. The molecule has 0 aromatic heterocycles. The maximum absolute atomic E-state index is 12.5. The van der Waals surface area contributed by atoms with E-state index in [2.05, 4.69) is 29.7 Å². The van der Waals surface area contributed by atoms with E-state index in [0.717, 1.165) is 25.2 Å². The van der Waals surface area contributed by atoms with Gasteiger partial charge in [-0.3, -0.25) is 4.79 Å². The van der Waals surface area contributed by atoms with E-state index in [4.69, 9.17) is 0 Å². The van der Waals surface area contributed by atoms with Crippen molar-refractivity contribution >= 4 is 18.3 Å². The van der Waals surface area contributed by atoms with Crippen LogP contribution in [0.25, 0.3) is 0 Å². The van der Waals surface area contributed by atoms with Crippen molar-refractivity contribution in [1.29, 1.82) is 0 Å². The first-order valence-corrected chi connectivity index (χ1v) is 7.57. The molecule has 2 rings (SSSR count). The number of benzene rings is 1. The van der Waals surface area contributed by atoms with E-state index >= 15 is 0 Å². The second-order valence-corrected chi connectivity index (χ2v) is 6.36. The lowest BCUT2D eigenvalue weighted by molar-refractivity contribution is -0.125. The summed E-state index contributed by atoms with van der Waals surface area (Å²) < 4.78 is 0. The molecule has 1 unspecified atom stereocenters. The zero-order chi connectivity index (χ0) is 14.6. The van der Waals surface area contributed by atoms with Gasteiger partial charge >= 0.3 is 0 Å². The molecule has 0 saturated carbocycles. The Kier molecular flexibility index (Phi) is 6.69. The summed E-state index contributed by atoms with van der Waals surface area (Å²) >= 11 is 0. The third-order valence-corrected chi connectivity index (χ3v) is 4.34. The van der Waals surface area contributed by atoms with Crippen molar-refractivity contribution < 1.29 is 4.79 Å². The summed E-state index contributed by atoms with van der Waals surface area (Å²) in [5.41, 5.74) is 1.80. The minimum absolute atomic E-state index is 0. The number of aryl methyl sites for hydroxylation is 1. The summed E-state index contributed by atoms with van der Waals surface area (Å²) in [5, 5.41) is 6.53. The molecule has 1 aromatic rings. The van der Waals surface area contributed by atoms with Gasteiger partial charge in [-0.05, 0) is 63.7 Å². The van der Waals surface area contributed by atoms with Gasteiger partial charge in [0.1, 0.15) is 0 Å². The van der Waals surface area contributed by atoms with Crippen LogP contribution >= 0.6 is 12.4 Å². The molecule has 0 aliphatic carbocycles. The molecule has 2 N–H and O–H groups in total. The van der Waals surface area contributed by atoms with Crippen molar-refractivity contribution in [2.45, 2.75) is 39.0 Å². The van der Waals surface area contributed by atoms with Crippen LogP contribution in [0.4, 0.5) is 0 Å². The van der Waals surface area contributed by atoms with Crippen LogP contribution in [0.1, 0.15) is 37.8 Å². The summed E-state index contributed by atoms with van der Waals surface area (Å²) in [6.45, 7) is 8.98. The SMILES string of the molecule is Cc1ccccc1C(C)(C)C(=O)NCC1CCCNC1.Cl. The Balaban J connectivity index is 0.00000220. The maximum atomic E-state index is 12.5. The Morgan fingerprint density at radius 1 is 1.38 bits per heavy atom. The number of carbonyl (C=O) groups excluding carboxylic acids is 1. The number of piperidine rings is 1. The van der Waals surface area contributed by atoms with Crippen molar-refractivity contribution in [2.24, 2.45) is 5.92 Å². The molecule has 1 fully saturated rings. The summed E-state index contributed by atoms with van der Waals surface area (Å²) in [7, 11) is 0. The maximum Gasteiger partial charge on any atom is 0.230 e. The van der Waals surface area contributed by atoms with Gasteiger partial charge in [0.2, 0.25) is 5.91 Å². The Hall–Kier alpha value is -1.06. The Labute approximate surface area is 134 Å². The van der Waals surface area contributed by atoms with Gasteiger partial charge < -0.3 is 10.6 Å². The number of amides is 1. The van der Waals surface area contributed by atoms with Crippen LogP contribution in [0.15, 0.2) is 24.3 Å². The lowest BCUT2D eigenvalue weighted by Gasteiger charge is -2.28. The van der Waals surface area contributed by atoms with Crippen molar-refractivity contribution in [2.75, 3.05) is 19.6 Å². The highest BCUT2D eigenvalue weighted by Gasteiger charge is 2.31. The Morgan fingerprint density at radius 2 is 2.10 bits per heavy atom. The lowest BCUT2D eigenvalue weighted by Crippen LogP contribution is -2.44. The smallest absolute Gasteiger partial charge is 0.230 e. The second-order valence-electron chi connectivity index (χ2n) is 6.36. The molecular weight excluding hydrogens is 284 g/mol. The zero-order valence-corrected chi connectivity index (χ0v) is 14.1. The number of nitrogens with one attached hydrogen (secondary N) is 2. The molecule has 1 atom stereocenters. The fourth-order valence-corrected chi connectivity index (χ4v) is 2.95. The summed E-state index contributed by atoms with van der Waals surface area (Å²) in [6.07, 6.45) is 2.42. The molecular formula is C17H27ClN2O. The van der Waals surface area contributed by atoms with Gasteiger partial charge in [-0.15, -0.1) is 12.4 Å². The summed E-state index contributed by atoms with van der Waals surface area (Å²) in [4.78, 5) is 12.5. The number of carbonyl (C=O) groups is 1. The number of rotatable bonds is 4. The normalized spacial score (nSPS) is 18.7. The van der Waals surface area contributed by atoms with Crippen LogP contribution in [0.2, 0.25) is 0 Å². The van der Waals surface area contributed by atoms with Gasteiger partial charge in [-0.1, -0.05) is 24.3 Å². The van der Waals surface area contributed by atoms with Crippen LogP contribution in [0.5, 0.6) is 0 Å². The summed E-state index contributed by atoms with van der Waals surface area (Å²) in [6, 6.07) is 8.13. The van der Waals surface area contributed by atoms with E-state index < -0.39 is 5.41 Å². The van der Waals surface area contributed by atoms with Gasteiger partial charge in [-0.25, -0.2) is 0 Å². The molecule has 1 amide bonds. The minimum Gasteiger partial charge on any atom is -0.355 e. The highest BCUT2D eigenvalue weighted by atomic mass is 35.5. The van der Waals surface area contributed by atoms with Gasteiger partial charge in [0.05, 0.1) is 5.41 Å². The van der Waals surface area contributed by atoms with Crippen molar-refractivity contribution in [3.05, 3.63) is 35.4 Å². The number of hydrogen-bond donors (Lipinski definition) is 2. The fourth-order valence-electron chi connectivity index (χ4n) is 2.95. The zero-order valence-electron chi connectivity index (χ0n) is 13.2. The highest BCUT2D eigenvalue weighted by molar-refractivity contribution is 5.87. The molecule has 0 radical (unpaired) electrons. The largest absolute Gasteiger partial charge is 0.355 e. The monoisotopic (exact) mass is 310 g/mol. The van der Waals surface area contributed by atoms with E-state index in [1.165, 1.54) is 18.4 Å². The first-order chi connectivity index (χ1) is 9.51. The lowest BCUT2D eigenvalue weighted by atomic mass is 9.81. The quantitative estimate of drug-likeness (QED) is 0.898. The standard InChI is InChI=1S/C17H26N2O.ClH/c1-13-7-4-5-9-15(13)17(2,3)16(20)19-12-14-8-6-10-18-11-14;/h4-5,7,9,14,18H,6,8,10-12H2,1-3H3,(H,19,20);1H. The van der Waals surface area contributed by atoms with Gasteiger partial charge in [-0.2, -0.15) is 0 Å². The molecule has 1 aliphatic rings. The van der Waals surface area contributed by atoms with E-state index in [9.17, 15) is 4.79 Å². The summed E-state index contributed by atoms with van der Waals surface area (Å²) in [5.74, 6) is 0.692. The molecule has 0 bridgehead atoms. The van der Waals surface area contributed by atoms with Crippen molar-refractivity contribution in [3.63, 3.8) is 0 Å². The minimum atomic E-state index is -0.479. The second kappa shape index (κ2) is 7.81. The van der Waals surface area contributed by atoms with E-state index in [1.807, 2.05) is 26.0 Å². The fraction of sp³-hybridized carbons (Fsp3) is 0.588.